The van der Waals surface area contributed by atoms with E-state index in [2.05, 4.69) is 109 Å². The number of rotatable bonds is 1. The van der Waals surface area contributed by atoms with Crippen LogP contribution in [0.15, 0.2) is 109 Å². The summed E-state index contributed by atoms with van der Waals surface area (Å²) in [7, 11) is 2.14. The Kier molecular flexibility index (Phi) is 23.6. The minimum atomic E-state index is 1.05. The molecule has 4 aromatic carbocycles. The minimum Gasteiger partial charge on any atom is -0.344 e. The maximum absolute atomic E-state index is 2.27. The van der Waals surface area contributed by atoms with Crippen molar-refractivity contribution >= 4 is 11.4 Å². The van der Waals surface area contributed by atoms with Crippen molar-refractivity contribution in [1.29, 1.82) is 0 Å². The van der Waals surface area contributed by atoms with E-state index in [-0.39, 0.29) is 0 Å². The fourth-order valence-electron chi connectivity index (χ4n) is 3.57. The van der Waals surface area contributed by atoms with Gasteiger partial charge < -0.3 is 4.90 Å². The molecule has 0 aliphatic carbocycles. The van der Waals surface area contributed by atoms with E-state index in [0.717, 1.165) is 6.42 Å². The van der Waals surface area contributed by atoms with Crippen LogP contribution in [0.1, 0.15) is 80.4 Å². The third-order valence-corrected chi connectivity index (χ3v) is 4.97. The summed E-state index contributed by atoms with van der Waals surface area (Å²) in [4.78, 5) is 2.27. The molecule has 0 saturated carbocycles. The van der Waals surface area contributed by atoms with Crippen molar-refractivity contribution in [3.8, 4) is 11.1 Å². The molecule has 0 amide bonds. The van der Waals surface area contributed by atoms with Crippen molar-refractivity contribution in [2.24, 2.45) is 0 Å². The molecule has 0 fully saturated rings. The highest BCUT2D eigenvalue weighted by atomic mass is 15.1. The molecule has 0 bridgehead atoms. The first kappa shape index (κ1) is 35.8. The van der Waals surface area contributed by atoms with Crippen LogP contribution in [0.5, 0.6) is 0 Å². The summed E-state index contributed by atoms with van der Waals surface area (Å²) in [6.45, 7) is 20.0. The Labute approximate surface area is 230 Å². The van der Waals surface area contributed by atoms with Crippen LogP contribution in [0, 0.1) is 0 Å². The molecule has 1 heteroatoms. The van der Waals surface area contributed by atoms with Gasteiger partial charge in [0.05, 0.1) is 0 Å². The Bertz CT molecular complexity index is 924. The molecule has 1 heterocycles. The first-order chi connectivity index (χ1) is 18.3. The molecule has 0 saturated heterocycles. The number of benzene rings is 4. The number of fused-ring (bicyclic) bond motifs is 2. The van der Waals surface area contributed by atoms with Crippen LogP contribution >= 0.6 is 0 Å². The highest BCUT2D eigenvalue weighted by molar-refractivity contribution is 5.73. The monoisotopic (exact) mass is 499 g/mol. The van der Waals surface area contributed by atoms with E-state index in [9.17, 15) is 0 Å². The number of hydrogen-bond acceptors (Lipinski definition) is 1. The van der Waals surface area contributed by atoms with Crippen molar-refractivity contribution in [2.75, 3.05) is 11.9 Å². The lowest BCUT2D eigenvalue weighted by Gasteiger charge is -2.29. The zero-order valence-electron chi connectivity index (χ0n) is 25.5. The molecule has 0 atom stereocenters. The molecule has 0 N–H and O–H groups in total. The van der Waals surface area contributed by atoms with Gasteiger partial charge in [0, 0.05) is 24.8 Å². The summed E-state index contributed by atoms with van der Waals surface area (Å²) in [5.41, 5.74) is 8.04. The van der Waals surface area contributed by atoms with Gasteiger partial charge in [-0.3, -0.25) is 0 Å². The molecular weight excluding hydrogens is 446 g/mol. The van der Waals surface area contributed by atoms with Crippen LogP contribution in [0.3, 0.4) is 0 Å². The first-order valence-electron chi connectivity index (χ1n) is 14.3. The third kappa shape index (κ3) is 12.0. The van der Waals surface area contributed by atoms with Crippen LogP contribution in [-0.2, 0) is 6.42 Å². The summed E-state index contributed by atoms with van der Waals surface area (Å²) in [5.74, 6) is 0. The van der Waals surface area contributed by atoms with Crippen molar-refractivity contribution < 1.29 is 0 Å². The Hall–Kier alpha value is -3.32. The van der Waals surface area contributed by atoms with Gasteiger partial charge >= 0.3 is 0 Å². The Balaban J connectivity index is 0. The van der Waals surface area contributed by atoms with Gasteiger partial charge in [-0.2, -0.15) is 0 Å². The summed E-state index contributed by atoms with van der Waals surface area (Å²) in [6.07, 6.45) is 1.05. The van der Waals surface area contributed by atoms with E-state index >= 15 is 0 Å². The maximum Gasteiger partial charge on any atom is 0.0444 e. The van der Waals surface area contributed by atoms with Gasteiger partial charge in [0.15, 0.2) is 0 Å². The van der Waals surface area contributed by atoms with Gasteiger partial charge in [-0.15, -0.1) is 0 Å². The molecule has 1 aliphatic rings. The van der Waals surface area contributed by atoms with Gasteiger partial charge in [0.2, 0.25) is 0 Å². The number of hydrogen-bond donors (Lipinski definition) is 0. The van der Waals surface area contributed by atoms with E-state index in [1.54, 1.807) is 0 Å². The van der Waals surface area contributed by atoms with Crippen LogP contribution in [0.25, 0.3) is 11.1 Å². The SMILES string of the molecule is CC.CC.CC.CC.CC.CN1c2ccccc2Cc2ccccc21.c1ccc(-c2ccccc2)cc1. The van der Waals surface area contributed by atoms with Crippen LogP contribution < -0.4 is 4.90 Å². The molecule has 1 nitrogen and oxygen atoms in total. The molecule has 0 aromatic heterocycles. The van der Waals surface area contributed by atoms with Crippen molar-refractivity contribution in [2.45, 2.75) is 75.7 Å². The van der Waals surface area contributed by atoms with Gasteiger partial charge in [0.25, 0.3) is 0 Å². The molecule has 202 valence electrons. The van der Waals surface area contributed by atoms with Crippen molar-refractivity contribution in [3.63, 3.8) is 0 Å². The standard InChI is InChI=1S/C14H13N.C12H10.5C2H6/c1-15-13-8-4-2-6-11(13)10-12-7-3-5-9-14(12)15;1-3-7-11(8-4-1)12-9-5-2-6-10-12;5*1-2/h2-9H,10H2,1H3;1-10H;5*1-2H3. The predicted octanol–water partition coefficient (Wildman–Crippen LogP) is 11.8. The average molecular weight is 500 g/mol. The number of anilines is 2. The van der Waals surface area contributed by atoms with Gasteiger partial charge in [-0.1, -0.05) is 166 Å². The minimum absolute atomic E-state index is 1.05. The zero-order chi connectivity index (χ0) is 28.5. The van der Waals surface area contributed by atoms with Gasteiger partial charge in [-0.05, 0) is 34.4 Å². The second-order valence-electron chi connectivity index (χ2n) is 6.73. The smallest absolute Gasteiger partial charge is 0.0444 e. The molecule has 0 spiro atoms. The Morgan fingerprint density at radius 3 is 0.973 bits per heavy atom. The van der Waals surface area contributed by atoms with Gasteiger partial charge in [-0.25, -0.2) is 0 Å². The summed E-state index contributed by atoms with van der Waals surface area (Å²) < 4.78 is 0. The molecule has 5 rings (SSSR count). The second-order valence-corrected chi connectivity index (χ2v) is 6.73. The Morgan fingerprint density at radius 1 is 0.378 bits per heavy atom. The van der Waals surface area contributed by atoms with E-state index in [1.807, 2.05) is 81.4 Å². The summed E-state index contributed by atoms with van der Waals surface area (Å²) >= 11 is 0. The lowest BCUT2D eigenvalue weighted by atomic mass is 9.96. The molecular formula is C36H53N. The number of para-hydroxylation sites is 2. The lowest BCUT2D eigenvalue weighted by Crippen LogP contribution is -2.18. The van der Waals surface area contributed by atoms with Crippen LogP contribution in [0.4, 0.5) is 11.4 Å². The predicted molar refractivity (Wildman–Crippen MR) is 172 cm³/mol. The van der Waals surface area contributed by atoms with Crippen LogP contribution in [-0.4, -0.2) is 7.05 Å². The lowest BCUT2D eigenvalue weighted by molar-refractivity contribution is 1.06. The molecule has 1 aliphatic heterocycles. The van der Waals surface area contributed by atoms with Crippen molar-refractivity contribution in [1.82, 2.24) is 0 Å². The van der Waals surface area contributed by atoms with E-state index in [1.165, 1.54) is 33.6 Å². The van der Waals surface area contributed by atoms with Gasteiger partial charge in [0.1, 0.15) is 0 Å². The topological polar surface area (TPSA) is 3.24 Å². The largest absolute Gasteiger partial charge is 0.344 e. The maximum atomic E-state index is 2.27. The molecule has 0 radical (unpaired) electrons. The van der Waals surface area contributed by atoms with E-state index in [0.29, 0.717) is 0 Å². The fourth-order valence-corrected chi connectivity index (χ4v) is 3.57. The normalized spacial score (nSPS) is 9.32. The summed E-state index contributed by atoms with van der Waals surface area (Å²) in [6, 6.07) is 38.0. The molecule has 4 aromatic rings. The quantitative estimate of drug-likeness (QED) is 0.252. The third-order valence-electron chi connectivity index (χ3n) is 4.97. The Morgan fingerprint density at radius 2 is 0.649 bits per heavy atom. The van der Waals surface area contributed by atoms with E-state index in [4.69, 9.17) is 0 Å². The molecule has 37 heavy (non-hydrogen) atoms. The van der Waals surface area contributed by atoms with Crippen molar-refractivity contribution in [3.05, 3.63) is 120 Å². The fraction of sp³-hybridized carbons (Fsp3) is 0.333. The summed E-state index contributed by atoms with van der Waals surface area (Å²) in [5, 5.41) is 0. The highest BCUT2D eigenvalue weighted by Crippen LogP contribution is 2.36. The second kappa shape index (κ2) is 24.4. The number of nitrogens with zero attached hydrogens (tertiary/aromatic N) is 1. The molecule has 0 unspecified atom stereocenters. The highest BCUT2D eigenvalue weighted by Gasteiger charge is 2.17. The zero-order valence-corrected chi connectivity index (χ0v) is 25.5. The average Bonchev–Trinajstić information content (AvgIpc) is 3.03. The first-order valence-corrected chi connectivity index (χ1v) is 14.3. The van der Waals surface area contributed by atoms with E-state index < -0.39 is 0 Å². The van der Waals surface area contributed by atoms with Crippen LogP contribution in [0.2, 0.25) is 0 Å².